The summed E-state index contributed by atoms with van der Waals surface area (Å²) in [4.78, 5) is 0. The summed E-state index contributed by atoms with van der Waals surface area (Å²) >= 11 is 0. The highest BCUT2D eigenvalue weighted by atomic mass is 32.0. The summed E-state index contributed by atoms with van der Waals surface area (Å²) in [5, 5.41) is 0. The molecule has 0 saturated carbocycles. The lowest BCUT2D eigenvalue weighted by molar-refractivity contribution is 0.176. The second-order valence-electron chi connectivity index (χ2n) is 2.30. The quantitative estimate of drug-likeness (QED) is 0.558. The average molecular weight is 176 g/mol. The lowest BCUT2D eigenvalue weighted by Gasteiger charge is -2.16. The van der Waals surface area contributed by atoms with Gasteiger partial charge >= 0.3 is 0 Å². The summed E-state index contributed by atoms with van der Waals surface area (Å²) < 4.78 is 5.44. The molecule has 0 spiro atoms. The fourth-order valence-electron chi connectivity index (χ4n) is 0.878. The Bertz CT molecular complexity index is 97.8. The van der Waals surface area contributed by atoms with Crippen molar-refractivity contribution in [3.63, 3.8) is 0 Å². The Balaban J connectivity index is 2.22. The van der Waals surface area contributed by atoms with E-state index in [2.05, 4.69) is 12.4 Å². The summed E-state index contributed by atoms with van der Waals surface area (Å²) in [7, 11) is 1.16. The minimum atomic E-state index is 0.0563. The Hall–Kier alpha value is 0.560. The number of hydrogen-bond donors (Lipinski definition) is 0. The smallest absolute Gasteiger partial charge is 0.0732 e. The molecule has 1 fully saturated rings. The third-order valence-corrected chi connectivity index (χ3v) is 6.19. The fourth-order valence-corrected chi connectivity index (χ4v) is 4.50. The normalized spacial score (nSPS) is 31.0. The molecule has 0 aliphatic carbocycles. The number of ether oxygens (including phenoxy) is 1. The highest BCUT2D eigenvalue weighted by Crippen LogP contribution is 2.56. The van der Waals surface area contributed by atoms with Crippen LogP contribution in [0.15, 0.2) is 12.4 Å². The van der Waals surface area contributed by atoms with Crippen LogP contribution in [0.1, 0.15) is 12.8 Å². The lowest BCUT2D eigenvalue weighted by Crippen LogP contribution is -1.97. The van der Waals surface area contributed by atoms with Crippen LogP contribution in [-0.2, 0) is 4.74 Å². The molecule has 0 aromatic heterocycles. The Morgan fingerprint density at radius 2 is 2.40 bits per heavy atom. The van der Waals surface area contributed by atoms with Crippen LogP contribution < -0.4 is 0 Å². The van der Waals surface area contributed by atoms with Crippen molar-refractivity contribution in [1.82, 2.24) is 0 Å². The minimum Gasteiger partial charge on any atom is -0.376 e. The molecular formula is C7H14OP2. The van der Waals surface area contributed by atoms with E-state index in [4.69, 9.17) is 4.74 Å². The Kier molecular flexibility index (Phi) is 4.54. The first kappa shape index (κ1) is 8.65. The Morgan fingerprint density at radius 1 is 1.50 bits per heavy atom. The molecule has 10 heavy (non-hydrogen) atoms. The molecule has 2 atom stereocenters. The van der Waals surface area contributed by atoms with E-state index in [0.29, 0.717) is 0 Å². The van der Waals surface area contributed by atoms with Gasteiger partial charge in [-0.3, -0.25) is 0 Å². The second kappa shape index (κ2) is 5.24. The zero-order chi connectivity index (χ0) is 7.23. The topological polar surface area (TPSA) is 9.23 Å². The van der Waals surface area contributed by atoms with Crippen molar-refractivity contribution in [2.75, 3.05) is 19.1 Å². The van der Waals surface area contributed by atoms with E-state index in [1.165, 1.54) is 19.0 Å². The van der Waals surface area contributed by atoms with Gasteiger partial charge in [0, 0.05) is 6.61 Å². The van der Waals surface area contributed by atoms with E-state index in [1.807, 2.05) is 0 Å². The predicted molar refractivity (Wildman–Crippen MR) is 50.4 cm³/mol. The van der Waals surface area contributed by atoms with Gasteiger partial charge < -0.3 is 4.74 Å². The van der Waals surface area contributed by atoms with Crippen LogP contribution in [0.4, 0.5) is 0 Å². The van der Waals surface area contributed by atoms with Crippen LogP contribution in [0.3, 0.4) is 0 Å². The molecule has 58 valence electrons. The molecule has 0 aromatic carbocycles. The van der Waals surface area contributed by atoms with Crippen LogP contribution in [0.5, 0.6) is 0 Å². The van der Waals surface area contributed by atoms with Crippen molar-refractivity contribution in [1.29, 1.82) is 0 Å². The summed E-state index contributed by atoms with van der Waals surface area (Å²) in [5.74, 6) is 2.10. The number of hydrogen-bond acceptors (Lipinski definition) is 1. The van der Waals surface area contributed by atoms with E-state index in [1.54, 1.807) is 0 Å². The zero-order valence-electron chi connectivity index (χ0n) is 6.18. The van der Waals surface area contributed by atoms with Gasteiger partial charge in [-0.15, -0.1) is 0 Å². The molecule has 2 unspecified atom stereocenters. The highest BCUT2D eigenvalue weighted by Gasteiger charge is 2.05. The minimum absolute atomic E-state index is 0.0563. The third kappa shape index (κ3) is 3.10. The van der Waals surface area contributed by atoms with Gasteiger partial charge in [0.1, 0.15) is 0 Å². The molecule has 3 heteroatoms. The summed E-state index contributed by atoms with van der Waals surface area (Å²) in [6, 6.07) is 0. The average Bonchev–Trinajstić information content (AvgIpc) is 1.87. The molecule has 1 aliphatic heterocycles. The van der Waals surface area contributed by atoms with Crippen molar-refractivity contribution >= 4 is 15.9 Å². The molecule has 1 nitrogen and oxygen atoms in total. The molecule has 0 radical (unpaired) electrons. The van der Waals surface area contributed by atoms with E-state index < -0.39 is 0 Å². The fraction of sp³-hybridized carbons (Fsp3) is 0.714. The van der Waals surface area contributed by atoms with Crippen LogP contribution >= 0.6 is 15.9 Å². The Morgan fingerprint density at radius 3 is 3.20 bits per heavy atom. The SMILES string of the molecule is C=CP1COCCCCP1. The van der Waals surface area contributed by atoms with Crippen molar-refractivity contribution in [3.05, 3.63) is 12.4 Å². The van der Waals surface area contributed by atoms with E-state index in [9.17, 15) is 0 Å². The van der Waals surface area contributed by atoms with E-state index in [-0.39, 0.29) is 7.61 Å². The lowest BCUT2D eigenvalue weighted by atomic mass is 10.4. The maximum absolute atomic E-state index is 5.44. The predicted octanol–water partition coefficient (Wildman–Crippen LogP) is 2.97. The van der Waals surface area contributed by atoms with Gasteiger partial charge in [0.2, 0.25) is 0 Å². The molecule has 1 heterocycles. The molecule has 1 rings (SSSR count). The van der Waals surface area contributed by atoms with Crippen LogP contribution in [-0.4, -0.2) is 19.1 Å². The third-order valence-electron chi connectivity index (χ3n) is 1.48. The summed E-state index contributed by atoms with van der Waals surface area (Å²) in [6.07, 6.45) is 4.98. The van der Waals surface area contributed by atoms with E-state index in [0.717, 1.165) is 21.2 Å². The van der Waals surface area contributed by atoms with Gasteiger partial charge in [0.25, 0.3) is 0 Å². The van der Waals surface area contributed by atoms with E-state index >= 15 is 0 Å². The standard InChI is InChI=1S/C7H14OP2/c1-2-10-7-8-5-3-4-6-9-10/h2,9H,1,3-7H2. The molecule has 1 aliphatic rings. The van der Waals surface area contributed by atoms with Crippen molar-refractivity contribution in [2.45, 2.75) is 12.8 Å². The molecule has 1 saturated heterocycles. The first-order valence-electron chi connectivity index (χ1n) is 3.64. The largest absolute Gasteiger partial charge is 0.376 e. The molecule has 0 bridgehead atoms. The van der Waals surface area contributed by atoms with Gasteiger partial charge in [-0.1, -0.05) is 20.7 Å². The number of rotatable bonds is 1. The molecule has 0 amide bonds. The van der Waals surface area contributed by atoms with Crippen molar-refractivity contribution in [3.8, 4) is 0 Å². The highest BCUT2D eigenvalue weighted by molar-refractivity contribution is 8.22. The maximum atomic E-state index is 5.44. The van der Waals surface area contributed by atoms with Crippen LogP contribution in [0.2, 0.25) is 0 Å². The first-order valence-corrected chi connectivity index (χ1v) is 7.28. The monoisotopic (exact) mass is 176 g/mol. The summed E-state index contributed by atoms with van der Waals surface area (Å²) in [5.41, 5.74) is 0. The molecular weight excluding hydrogens is 162 g/mol. The van der Waals surface area contributed by atoms with Gasteiger partial charge in [-0.25, -0.2) is 0 Å². The van der Waals surface area contributed by atoms with Gasteiger partial charge in [-0.2, -0.15) is 0 Å². The zero-order valence-corrected chi connectivity index (χ0v) is 8.07. The summed E-state index contributed by atoms with van der Waals surface area (Å²) in [6.45, 7) is 4.78. The molecule has 0 aromatic rings. The van der Waals surface area contributed by atoms with Gasteiger partial charge in [0.05, 0.1) is 6.35 Å². The second-order valence-corrected chi connectivity index (χ2v) is 7.36. The maximum Gasteiger partial charge on any atom is 0.0732 e. The Labute approximate surface area is 65.7 Å². The van der Waals surface area contributed by atoms with Crippen molar-refractivity contribution < 1.29 is 4.74 Å². The van der Waals surface area contributed by atoms with Crippen LogP contribution in [0, 0.1) is 0 Å². The van der Waals surface area contributed by atoms with Gasteiger partial charge in [-0.05, 0) is 26.6 Å². The first-order chi connectivity index (χ1) is 4.93. The van der Waals surface area contributed by atoms with Crippen LogP contribution in [0.25, 0.3) is 0 Å². The molecule has 0 N–H and O–H groups in total. The van der Waals surface area contributed by atoms with Gasteiger partial charge in [0.15, 0.2) is 0 Å². The van der Waals surface area contributed by atoms with Crippen molar-refractivity contribution in [2.24, 2.45) is 0 Å².